The summed E-state index contributed by atoms with van der Waals surface area (Å²) in [7, 11) is -4.83. The van der Waals surface area contributed by atoms with Crippen LogP contribution in [-0.4, -0.2) is 80.5 Å². The maximum absolute atomic E-state index is 14.0. The van der Waals surface area contributed by atoms with Crippen molar-refractivity contribution >= 4 is 19.2 Å². The van der Waals surface area contributed by atoms with E-state index in [-0.39, 0.29) is 30.3 Å². The molecule has 1 aromatic carbocycles. The lowest BCUT2D eigenvalue weighted by Crippen LogP contribution is -2.41. The Hall–Kier alpha value is -3.54. The number of benzene rings is 1. The Balaban J connectivity index is 1.27. The third kappa shape index (κ3) is 12.2. The molecule has 3 heterocycles. The van der Waals surface area contributed by atoms with Gasteiger partial charge in [-0.25, -0.2) is 18.5 Å². The number of aliphatic hydroxyl groups excluding tert-OH is 2. The molecule has 1 aliphatic rings. The van der Waals surface area contributed by atoms with Gasteiger partial charge in [-0.3, -0.25) is 9.05 Å². The van der Waals surface area contributed by atoms with E-state index in [2.05, 4.69) is 17.0 Å². The lowest BCUT2D eigenvalue weighted by atomic mass is 9.92. The molecule has 1 unspecified atom stereocenters. The average molecular weight is 775 g/mol. The molecule has 1 saturated heterocycles. The first kappa shape index (κ1) is 43.2. The van der Waals surface area contributed by atoms with Crippen LogP contribution >= 0.6 is 7.82 Å². The number of hydrogen-bond donors (Lipinski definition) is 4. The fourth-order valence-corrected chi connectivity index (χ4v) is 7.11. The van der Waals surface area contributed by atoms with Gasteiger partial charge in [0.2, 0.25) is 5.60 Å². The molecule has 1 aliphatic heterocycles. The Morgan fingerprint density at radius 1 is 1.02 bits per heavy atom. The number of aromatic nitrogens is 3. The third-order valence-corrected chi connectivity index (χ3v) is 10.3. The first-order chi connectivity index (χ1) is 26.0. The first-order valence-corrected chi connectivity index (χ1v) is 20.1. The van der Waals surface area contributed by atoms with Crippen molar-refractivity contribution in [1.29, 1.82) is 10.5 Å². The molecular weight excluding hydrogens is 722 g/mol. The SMILES string of the molecule is CCCCCCCCCCCCCCOC[C@H](COP(=O)(O)OC[C@H]1O[C@@](C#N)(c2ccc3c(N)ncnn23)[C@H](O)[C@@H]1O)OCc1cc(F)cc(C#N)c1. The van der Waals surface area contributed by atoms with Gasteiger partial charge in [0.15, 0.2) is 5.82 Å². The minimum atomic E-state index is -4.83. The van der Waals surface area contributed by atoms with E-state index < -0.39 is 56.9 Å². The second kappa shape index (κ2) is 21.5. The van der Waals surface area contributed by atoms with Crippen LogP contribution in [0.15, 0.2) is 36.7 Å². The number of anilines is 1. The predicted octanol–water partition coefficient (Wildman–Crippen LogP) is 5.60. The summed E-state index contributed by atoms with van der Waals surface area (Å²) in [5.74, 6) is -0.503. The Morgan fingerprint density at radius 2 is 1.70 bits per heavy atom. The van der Waals surface area contributed by atoms with E-state index >= 15 is 0 Å². The van der Waals surface area contributed by atoms with Gasteiger partial charge in [-0.1, -0.05) is 77.6 Å². The molecule has 0 aliphatic carbocycles. The highest BCUT2D eigenvalue weighted by Crippen LogP contribution is 2.46. The summed E-state index contributed by atoms with van der Waals surface area (Å²) in [5, 5.41) is 45.1. The summed E-state index contributed by atoms with van der Waals surface area (Å²) in [6.45, 7) is 1.29. The Labute approximate surface area is 315 Å². The van der Waals surface area contributed by atoms with E-state index in [0.29, 0.717) is 17.7 Å². The van der Waals surface area contributed by atoms with Crippen LogP contribution < -0.4 is 5.73 Å². The van der Waals surface area contributed by atoms with Crippen molar-refractivity contribution in [3.8, 4) is 12.1 Å². The van der Waals surface area contributed by atoms with Gasteiger partial charge in [0.05, 0.1) is 43.8 Å². The van der Waals surface area contributed by atoms with Crippen molar-refractivity contribution in [2.75, 3.05) is 32.2 Å². The molecule has 15 nitrogen and oxygen atoms in total. The van der Waals surface area contributed by atoms with Gasteiger partial charge in [0.1, 0.15) is 48.1 Å². The van der Waals surface area contributed by atoms with E-state index in [1.54, 1.807) is 0 Å². The van der Waals surface area contributed by atoms with Crippen LogP contribution in [0, 0.1) is 28.5 Å². The minimum Gasteiger partial charge on any atom is -0.387 e. The number of fused-ring (bicyclic) bond motifs is 1. The summed E-state index contributed by atoms with van der Waals surface area (Å²) in [6.07, 6.45) is 9.72. The highest BCUT2D eigenvalue weighted by Gasteiger charge is 2.58. The van der Waals surface area contributed by atoms with Crippen molar-refractivity contribution in [2.45, 2.75) is 121 Å². The molecule has 4 rings (SSSR count). The lowest BCUT2D eigenvalue weighted by Gasteiger charge is -2.24. The molecule has 5 N–H and O–H groups in total. The van der Waals surface area contributed by atoms with Crippen LogP contribution in [0.4, 0.5) is 10.2 Å². The number of rotatable bonds is 25. The van der Waals surface area contributed by atoms with E-state index in [1.165, 1.54) is 86.6 Å². The number of hydrogen-bond acceptors (Lipinski definition) is 13. The predicted molar refractivity (Wildman–Crippen MR) is 195 cm³/mol. The topological polar surface area (TPSA) is 228 Å². The molecule has 296 valence electrons. The van der Waals surface area contributed by atoms with Crippen LogP contribution in [-0.2, 0) is 40.0 Å². The summed E-state index contributed by atoms with van der Waals surface area (Å²) in [4.78, 5) is 14.4. The summed E-state index contributed by atoms with van der Waals surface area (Å²) in [5.41, 5.74) is 4.63. The smallest absolute Gasteiger partial charge is 0.387 e. The number of nitriles is 2. The molecule has 17 heteroatoms. The van der Waals surface area contributed by atoms with Gasteiger partial charge in [-0.15, -0.1) is 0 Å². The largest absolute Gasteiger partial charge is 0.472 e. The number of phosphoric acid groups is 1. The summed E-state index contributed by atoms with van der Waals surface area (Å²) < 4.78 is 56.0. The fraction of sp³-hybridized carbons (Fsp3) is 0.622. The number of ether oxygens (including phenoxy) is 3. The Bertz CT molecular complexity index is 1750. The van der Waals surface area contributed by atoms with Crippen LogP contribution in [0.1, 0.15) is 101 Å². The molecule has 3 aromatic rings. The molecule has 0 radical (unpaired) electrons. The maximum Gasteiger partial charge on any atom is 0.472 e. The molecule has 6 atom stereocenters. The van der Waals surface area contributed by atoms with Gasteiger partial charge in [0, 0.05) is 6.61 Å². The normalized spacial score (nSPS) is 21.5. The van der Waals surface area contributed by atoms with E-state index in [4.69, 9.17) is 29.0 Å². The van der Waals surface area contributed by atoms with Crippen molar-refractivity contribution in [3.05, 3.63) is 59.3 Å². The number of unbranched alkanes of at least 4 members (excludes halogenated alkanes) is 11. The van der Waals surface area contributed by atoms with Crippen LogP contribution in [0.25, 0.3) is 5.52 Å². The molecule has 2 aromatic heterocycles. The van der Waals surface area contributed by atoms with Crippen LogP contribution in [0.3, 0.4) is 0 Å². The van der Waals surface area contributed by atoms with E-state index in [0.717, 1.165) is 31.7 Å². The highest BCUT2D eigenvalue weighted by atomic mass is 31.2. The monoisotopic (exact) mass is 774 g/mol. The van der Waals surface area contributed by atoms with Crippen molar-refractivity contribution < 1.29 is 47.3 Å². The van der Waals surface area contributed by atoms with Gasteiger partial charge in [-0.2, -0.15) is 15.6 Å². The lowest BCUT2D eigenvalue weighted by molar-refractivity contribution is -0.0690. The molecule has 54 heavy (non-hydrogen) atoms. The zero-order chi connectivity index (χ0) is 39.0. The molecule has 0 amide bonds. The van der Waals surface area contributed by atoms with Crippen molar-refractivity contribution in [3.63, 3.8) is 0 Å². The van der Waals surface area contributed by atoms with Crippen molar-refractivity contribution in [2.24, 2.45) is 0 Å². The zero-order valence-electron chi connectivity index (χ0n) is 30.7. The molecule has 0 saturated carbocycles. The average Bonchev–Trinajstić information content (AvgIpc) is 3.71. The fourth-order valence-electron chi connectivity index (χ4n) is 6.35. The Kier molecular flexibility index (Phi) is 17.2. The molecule has 0 spiro atoms. The third-order valence-electron chi connectivity index (χ3n) is 9.33. The highest BCUT2D eigenvalue weighted by molar-refractivity contribution is 7.47. The summed E-state index contributed by atoms with van der Waals surface area (Å²) >= 11 is 0. The van der Waals surface area contributed by atoms with Gasteiger partial charge >= 0.3 is 7.82 Å². The number of phosphoric ester groups is 1. The second-order valence-electron chi connectivity index (χ2n) is 13.5. The van der Waals surface area contributed by atoms with Gasteiger partial charge in [0.25, 0.3) is 0 Å². The van der Waals surface area contributed by atoms with Crippen LogP contribution in [0.5, 0.6) is 0 Å². The summed E-state index contributed by atoms with van der Waals surface area (Å²) in [6, 6.07) is 10.5. The number of aliphatic hydroxyl groups is 2. The number of halogens is 1. The number of nitrogen functional groups attached to an aromatic ring is 1. The van der Waals surface area contributed by atoms with Gasteiger partial charge in [-0.05, 0) is 42.3 Å². The minimum absolute atomic E-state index is 0.0148. The van der Waals surface area contributed by atoms with E-state index in [1.807, 2.05) is 12.1 Å². The molecular formula is C37H52FN6O9P. The van der Waals surface area contributed by atoms with Gasteiger partial charge < -0.3 is 35.1 Å². The quantitative estimate of drug-likeness (QED) is 0.0607. The Morgan fingerprint density at radius 3 is 2.37 bits per heavy atom. The van der Waals surface area contributed by atoms with Crippen LogP contribution in [0.2, 0.25) is 0 Å². The first-order valence-electron chi connectivity index (χ1n) is 18.6. The number of nitrogens with zero attached hydrogens (tertiary/aromatic N) is 5. The molecule has 1 fully saturated rings. The number of nitrogens with two attached hydrogens (primary N) is 1. The standard InChI is InChI=1S/C37H52FN6O9P/c1-2-3-4-5-6-7-8-9-10-11-12-13-16-49-22-30(50-21-28-17-27(20-39)18-29(38)19-28)23-51-54(47,48)52-24-32-34(45)35(46)37(25-40,53-32)33-15-14-31-36(41)42-26-43-44(31)33/h14-15,17-19,26,30,32,34-35,45-46H,2-13,16,21-24H2,1H3,(H,47,48)(H2,41,42,43)/t30-,32-,34-,35-,37+/m1/s1. The zero-order valence-corrected chi connectivity index (χ0v) is 31.6. The maximum atomic E-state index is 14.0. The van der Waals surface area contributed by atoms with Crippen molar-refractivity contribution in [1.82, 2.24) is 14.6 Å². The second-order valence-corrected chi connectivity index (χ2v) is 15.0. The molecule has 0 bridgehead atoms. The van der Waals surface area contributed by atoms with E-state index in [9.17, 15) is 34.6 Å².